The van der Waals surface area contributed by atoms with Crippen LogP contribution in [0.1, 0.15) is 42.9 Å². The molecule has 0 unspecified atom stereocenters. The predicted octanol–water partition coefficient (Wildman–Crippen LogP) is 4.39. The van der Waals surface area contributed by atoms with E-state index in [9.17, 15) is 24.0 Å². The second kappa shape index (κ2) is 15.9. The molecule has 0 spiro atoms. The molecular weight excluding hydrogens is 644 g/mol. The van der Waals surface area contributed by atoms with E-state index in [0.29, 0.717) is 0 Å². The highest BCUT2D eigenvalue weighted by molar-refractivity contribution is 5.91. The van der Waals surface area contributed by atoms with E-state index in [4.69, 9.17) is 23.7 Å². The van der Waals surface area contributed by atoms with Gasteiger partial charge in [0.25, 0.3) is 5.56 Å². The number of hydrogen-bond acceptors (Lipinski definition) is 10. The average Bonchev–Trinajstić information content (AvgIpc) is 3.48. The van der Waals surface area contributed by atoms with Crippen LogP contribution >= 0.6 is 0 Å². The van der Waals surface area contributed by atoms with Crippen molar-refractivity contribution in [3.63, 3.8) is 0 Å². The molecule has 0 saturated carbocycles. The summed E-state index contributed by atoms with van der Waals surface area (Å²) < 4.78 is 31.3. The lowest BCUT2D eigenvalue weighted by Gasteiger charge is -2.25. The van der Waals surface area contributed by atoms with Crippen LogP contribution in [-0.2, 0) is 37.0 Å². The number of ether oxygens (including phenoxy) is 5. The van der Waals surface area contributed by atoms with E-state index in [1.54, 1.807) is 78.9 Å². The molecule has 12 nitrogen and oxygen atoms in total. The van der Waals surface area contributed by atoms with Gasteiger partial charge < -0.3 is 23.7 Å². The van der Waals surface area contributed by atoms with Crippen molar-refractivity contribution in [2.24, 2.45) is 0 Å². The Bertz CT molecular complexity index is 2030. The molecule has 0 amide bonds. The van der Waals surface area contributed by atoms with Crippen LogP contribution in [-0.4, -0.2) is 52.0 Å². The standard InChI is InChI=1S/C38H32N2O10/c41-31-21-22-39(38(45)40(31)25-46-23-26-13-5-1-6-14-26)34-33(50-37(44)29-19-11-4-12-20-29)32(49-36(43)28-17-9-3-10-18-28)30(48-34)24-47-35(42)27-15-7-2-8-16-27/h1-22,30,32-34H,23-25H2/t30-,32-,33-,34-/m0/s1. The first kappa shape index (κ1) is 33.8. The Balaban J connectivity index is 1.34. The Morgan fingerprint density at radius 2 is 1.12 bits per heavy atom. The van der Waals surface area contributed by atoms with E-state index in [2.05, 4.69) is 0 Å². The zero-order valence-electron chi connectivity index (χ0n) is 26.6. The molecule has 0 aliphatic carbocycles. The summed E-state index contributed by atoms with van der Waals surface area (Å²) in [5.74, 6) is -2.24. The number of carbonyl (C=O) groups is 3. The molecule has 2 heterocycles. The molecule has 0 N–H and O–H groups in total. The highest BCUT2D eigenvalue weighted by atomic mass is 16.7. The summed E-state index contributed by atoms with van der Waals surface area (Å²) >= 11 is 0. The van der Waals surface area contributed by atoms with Crippen molar-refractivity contribution in [2.75, 3.05) is 6.61 Å². The molecule has 5 aromatic rings. The minimum Gasteiger partial charge on any atom is -0.459 e. The maximum Gasteiger partial charge on any atom is 0.338 e. The molecule has 1 aliphatic rings. The second-order valence-corrected chi connectivity index (χ2v) is 11.2. The van der Waals surface area contributed by atoms with Crippen LogP contribution in [0.25, 0.3) is 0 Å². The Labute approximate surface area is 286 Å². The molecule has 12 heteroatoms. The topological polar surface area (TPSA) is 141 Å². The van der Waals surface area contributed by atoms with E-state index >= 15 is 0 Å². The third-order valence-electron chi connectivity index (χ3n) is 7.88. The minimum absolute atomic E-state index is 0.130. The number of hydrogen-bond donors (Lipinski definition) is 0. The van der Waals surface area contributed by atoms with E-state index in [1.165, 1.54) is 18.3 Å². The largest absolute Gasteiger partial charge is 0.459 e. The molecule has 50 heavy (non-hydrogen) atoms. The predicted molar refractivity (Wildman–Crippen MR) is 178 cm³/mol. The van der Waals surface area contributed by atoms with Gasteiger partial charge in [0.2, 0.25) is 0 Å². The molecule has 1 saturated heterocycles. The Hall–Kier alpha value is -6.11. The molecule has 254 valence electrons. The van der Waals surface area contributed by atoms with Gasteiger partial charge >= 0.3 is 23.6 Å². The molecule has 0 radical (unpaired) electrons. The van der Waals surface area contributed by atoms with Crippen LogP contribution in [0, 0.1) is 0 Å². The highest BCUT2D eigenvalue weighted by Gasteiger charge is 2.51. The summed E-state index contributed by atoms with van der Waals surface area (Å²) in [5.41, 5.74) is 0.00260. The van der Waals surface area contributed by atoms with Crippen molar-refractivity contribution >= 4 is 17.9 Å². The fraction of sp³-hybridized carbons (Fsp3) is 0.184. The summed E-state index contributed by atoms with van der Waals surface area (Å²) in [4.78, 5) is 66.5. The van der Waals surface area contributed by atoms with Gasteiger partial charge in [-0.25, -0.2) is 23.7 Å². The van der Waals surface area contributed by atoms with Crippen LogP contribution < -0.4 is 11.2 Å². The van der Waals surface area contributed by atoms with Gasteiger partial charge in [-0.05, 0) is 42.0 Å². The quantitative estimate of drug-likeness (QED) is 0.138. The molecular formula is C38H32N2O10. The van der Waals surface area contributed by atoms with Crippen molar-refractivity contribution in [2.45, 2.75) is 37.9 Å². The van der Waals surface area contributed by atoms with Crippen LogP contribution in [0.2, 0.25) is 0 Å². The molecule has 1 aromatic heterocycles. The van der Waals surface area contributed by atoms with E-state index < -0.39 is 60.3 Å². The van der Waals surface area contributed by atoms with Gasteiger partial charge in [0.15, 0.2) is 18.4 Å². The minimum atomic E-state index is -1.44. The van der Waals surface area contributed by atoms with Crippen molar-refractivity contribution in [1.82, 2.24) is 9.13 Å². The van der Waals surface area contributed by atoms with Crippen molar-refractivity contribution in [3.05, 3.63) is 177 Å². The average molecular weight is 677 g/mol. The summed E-state index contributed by atoms with van der Waals surface area (Å²) in [6.07, 6.45) is -4.25. The molecule has 1 aliphatic heterocycles. The van der Waals surface area contributed by atoms with Crippen LogP contribution in [0.5, 0.6) is 0 Å². The maximum absolute atomic E-state index is 13.9. The van der Waals surface area contributed by atoms with Crippen LogP contribution in [0.15, 0.2) is 143 Å². The molecule has 4 atom stereocenters. The number of carbonyl (C=O) groups excluding carboxylic acids is 3. The fourth-order valence-corrected chi connectivity index (χ4v) is 5.35. The summed E-state index contributed by atoms with van der Waals surface area (Å²) in [6.45, 7) is -0.699. The van der Waals surface area contributed by atoms with Crippen molar-refractivity contribution in [3.8, 4) is 0 Å². The summed E-state index contributed by atoms with van der Waals surface area (Å²) in [6, 6.07) is 34.8. The Kier molecular flexibility index (Phi) is 10.7. The van der Waals surface area contributed by atoms with Gasteiger partial charge in [-0.2, -0.15) is 0 Å². The summed E-state index contributed by atoms with van der Waals surface area (Å²) in [7, 11) is 0. The van der Waals surface area contributed by atoms with Gasteiger partial charge in [0.1, 0.15) is 19.4 Å². The summed E-state index contributed by atoms with van der Waals surface area (Å²) in [5, 5.41) is 0. The van der Waals surface area contributed by atoms with E-state index in [1.807, 2.05) is 30.3 Å². The van der Waals surface area contributed by atoms with Crippen LogP contribution in [0.4, 0.5) is 0 Å². The first-order chi connectivity index (χ1) is 24.4. The van der Waals surface area contributed by atoms with Crippen molar-refractivity contribution < 1.29 is 38.1 Å². The van der Waals surface area contributed by atoms with Crippen molar-refractivity contribution in [1.29, 1.82) is 0 Å². The van der Waals surface area contributed by atoms with Crippen LogP contribution in [0.3, 0.4) is 0 Å². The lowest BCUT2D eigenvalue weighted by molar-refractivity contribution is -0.0653. The van der Waals surface area contributed by atoms with Gasteiger partial charge in [0, 0.05) is 12.3 Å². The number of esters is 3. The third-order valence-corrected chi connectivity index (χ3v) is 7.88. The SMILES string of the molecule is O=C(OC[C@@H]1O[C@H](n2ccc(=O)n(COCc3ccccc3)c2=O)[C@@H](OC(=O)c2ccccc2)[C@H]1OC(=O)c1ccccc1)c1ccccc1. The first-order valence-corrected chi connectivity index (χ1v) is 15.7. The first-order valence-electron chi connectivity index (χ1n) is 15.7. The van der Waals surface area contributed by atoms with Gasteiger partial charge in [0.05, 0.1) is 23.3 Å². The van der Waals surface area contributed by atoms with Gasteiger partial charge in [-0.3, -0.25) is 9.36 Å². The Morgan fingerprint density at radius 3 is 1.68 bits per heavy atom. The number of benzene rings is 4. The van der Waals surface area contributed by atoms with Gasteiger partial charge in [-0.1, -0.05) is 84.9 Å². The molecule has 4 aromatic carbocycles. The highest BCUT2D eigenvalue weighted by Crippen LogP contribution is 2.34. The normalized spacial score (nSPS) is 18.2. The Morgan fingerprint density at radius 1 is 0.620 bits per heavy atom. The van der Waals surface area contributed by atoms with Gasteiger partial charge in [-0.15, -0.1) is 0 Å². The fourth-order valence-electron chi connectivity index (χ4n) is 5.35. The third kappa shape index (κ3) is 7.95. The maximum atomic E-state index is 13.9. The molecule has 0 bridgehead atoms. The van der Waals surface area contributed by atoms with E-state index in [0.717, 1.165) is 20.8 Å². The van der Waals surface area contributed by atoms with E-state index in [-0.39, 0.29) is 30.0 Å². The number of aromatic nitrogens is 2. The molecule has 1 fully saturated rings. The zero-order chi connectivity index (χ0) is 34.9. The lowest BCUT2D eigenvalue weighted by Crippen LogP contribution is -2.45. The zero-order valence-corrected chi connectivity index (χ0v) is 26.6. The smallest absolute Gasteiger partial charge is 0.338 e. The monoisotopic (exact) mass is 676 g/mol. The molecule has 6 rings (SSSR count). The number of rotatable bonds is 12. The number of nitrogens with zero attached hydrogens (tertiary/aromatic N) is 2. The second-order valence-electron chi connectivity index (χ2n) is 11.2. The lowest BCUT2D eigenvalue weighted by atomic mass is 10.1.